The van der Waals surface area contributed by atoms with Gasteiger partial charge in [0, 0.05) is 18.2 Å². The van der Waals surface area contributed by atoms with Gasteiger partial charge >= 0.3 is 0 Å². The minimum atomic E-state index is 0.998. The summed E-state index contributed by atoms with van der Waals surface area (Å²) >= 11 is 0. The summed E-state index contributed by atoms with van der Waals surface area (Å²) in [7, 11) is 0. The molecule has 3 rings (SSSR count). The van der Waals surface area contributed by atoms with Crippen LogP contribution in [-0.2, 0) is 6.42 Å². The van der Waals surface area contributed by atoms with Gasteiger partial charge in [-0.05, 0) is 55.5 Å². The van der Waals surface area contributed by atoms with Crippen LogP contribution in [0.25, 0.3) is 11.1 Å². The van der Waals surface area contributed by atoms with Crippen LogP contribution in [0.15, 0.2) is 18.3 Å². The van der Waals surface area contributed by atoms with Crippen LogP contribution in [0.4, 0.5) is 0 Å². The summed E-state index contributed by atoms with van der Waals surface area (Å²) in [5.41, 5.74) is 10.9. The molecule has 0 aliphatic heterocycles. The predicted molar refractivity (Wildman–Crippen MR) is 71.4 cm³/mol. The lowest BCUT2D eigenvalue weighted by molar-refractivity contribution is 1.08. The van der Waals surface area contributed by atoms with Crippen molar-refractivity contribution in [3.63, 3.8) is 0 Å². The van der Waals surface area contributed by atoms with E-state index in [-0.39, 0.29) is 0 Å². The van der Waals surface area contributed by atoms with Crippen LogP contribution < -0.4 is 0 Å². The molecule has 0 bridgehead atoms. The number of rotatable bonds is 0. The number of aromatic nitrogens is 1. The SMILES string of the molecule is Cc1cc(C)c2c(c1)-c1c(ncc(C)c1C)C2. The van der Waals surface area contributed by atoms with Crippen LogP contribution in [0.2, 0.25) is 0 Å². The van der Waals surface area contributed by atoms with Crippen molar-refractivity contribution in [2.45, 2.75) is 34.1 Å². The highest BCUT2D eigenvalue weighted by molar-refractivity contribution is 5.80. The molecule has 1 nitrogen and oxygen atoms in total. The molecule has 0 amide bonds. The van der Waals surface area contributed by atoms with E-state index in [4.69, 9.17) is 0 Å². The molecule has 0 N–H and O–H groups in total. The van der Waals surface area contributed by atoms with Gasteiger partial charge in [-0.3, -0.25) is 4.98 Å². The summed E-state index contributed by atoms with van der Waals surface area (Å²) in [4.78, 5) is 4.61. The molecule has 1 heterocycles. The first-order valence-corrected chi connectivity index (χ1v) is 6.13. The molecule has 0 unspecified atom stereocenters. The molecule has 86 valence electrons. The molecule has 0 atom stereocenters. The third-order valence-electron chi connectivity index (χ3n) is 3.90. The second-order valence-electron chi connectivity index (χ2n) is 5.17. The Balaban J connectivity index is 2.37. The Morgan fingerprint density at radius 1 is 1.00 bits per heavy atom. The third kappa shape index (κ3) is 1.42. The van der Waals surface area contributed by atoms with Crippen molar-refractivity contribution in [1.29, 1.82) is 0 Å². The molecule has 0 fully saturated rings. The fourth-order valence-electron chi connectivity index (χ4n) is 2.86. The zero-order chi connectivity index (χ0) is 12.2. The maximum absolute atomic E-state index is 4.61. The Morgan fingerprint density at radius 3 is 2.53 bits per heavy atom. The fraction of sp³-hybridized carbons (Fsp3) is 0.312. The molecule has 1 heteroatoms. The van der Waals surface area contributed by atoms with Gasteiger partial charge in [-0.1, -0.05) is 17.7 Å². The van der Waals surface area contributed by atoms with E-state index >= 15 is 0 Å². The first-order valence-electron chi connectivity index (χ1n) is 6.13. The standard InChI is InChI=1S/C16H17N/c1-9-5-10(2)13-7-15-16(14(13)6-9)12(4)11(3)8-17-15/h5-6,8H,7H2,1-4H3. The van der Waals surface area contributed by atoms with E-state index in [0.29, 0.717) is 0 Å². The van der Waals surface area contributed by atoms with Gasteiger partial charge in [0.05, 0.1) is 5.69 Å². The first-order chi connectivity index (χ1) is 8.08. The largest absolute Gasteiger partial charge is 0.260 e. The van der Waals surface area contributed by atoms with Crippen LogP contribution in [0, 0.1) is 27.7 Å². The van der Waals surface area contributed by atoms with Gasteiger partial charge < -0.3 is 0 Å². The van der Waals surface area contributed by atoms with E-state index in [1.807, 2.05) is 6.20 Å². The molecule has 17 heavy (non-hydrogen) atoms. The normalized spacial score (nSPS) is 12.5. The second-order valence-corrected chi connectivity index (χ2v) is 5.17. The zero-order valence-electron chi connectivity index (χ0n) is 10.9. The topological polar surface area (TPSA) is 12.9 Å². The molecule has 1 aliphatic rings. The lowest BCUT2D eigenvalue weighted by atomic mass is 9.96. The van der Waals surface area contributed by atoms with Crippen molar-refractivity contribution in [3.8, 4) is 11.1 Å². The molecule has 0 radical (unpaired) electrons. The zero-order valence-corrected chi connectivity index (χ0v) is 10.9. The van der Waals surface area contributed by atoms with Gasteiger partial charge in [0.2, 0.25) is 0 Å². The molecular weight excluding hydrogens is 206 g/mol. The van der Waals surface area contributed by atoms with Crippen molar-refractivity contribution in [2.75, 3.05) is 0 Å². The molecule has 0 saturated carbocycles. The summed E-state index contributed by atoms with van der Waals surface area (Å²) in [5.74, 6) is 0. The van der Waals surface area contributed by atoms with E-state index in [1.165, 1.54) is 44.6 Å². The smallest absolute Gasteiger partial charge is 0.0528 e. The highest BCUT2D eigenvalue weighted by Gasteiger charge is 2.23. The van der Waals surface area contributed by atoms with Crippen LogP contribution >= 0.6 is 0 Å². The summed E-state index contributed by atoms with van der Waals surface area (Å²) in [5, 5.41) is 0. The number of nitrogens with zero attached hydrogens (tertiary/aromatic N) is 1. The Bertz CT molecular complexity index is 624. The maximum Gasteiger partial charge on any atom is 0.0528 e. The third-order valence-corrected chi connectivity index (χ3v) is 3.90. The Labute approximate surface area is 103 Å². The van der Waals surface area contributed by atoms with Crippen molar-refractivity contribution < 1.29 is 0 Å². The number of aryl methyl sites for hydroxylation is 3. The lowest BCUT2D eigenvalue weighted by Gasteiger charge is -2.09. The Hall–Kier alpha value is -1.63. The molecule has 1 aromatic heterocycles. The summed E-state index contributed by atoms with van der Waals surface area (Å²) in [6.45, 7) is 8.73. The molecule has 2 aromatic rings. The van der Waals surface area contributed by atoms with Crippen molar-refractivity contribution in [2.24, 2.45) is 0 Å². The van der Waals surface area contributed by atoms with Gasteiger partial charge in [0.25, 0.3) is 0 Å². The summed E-state index contributed by atoms with van der Waals surface area (Å²) in [6.07, 6.45) is 3.00. The number of fused-ring (bicyclic) bond motifs is 3. The molecular formula is C16H17N. The van der Waals surface area contributed by atoms with Gasteiger partial charge in [0.1, 0.15) is 0 Å². The van der Waals surface area contributed by atoms with Crippen molar-refractivity contribution >= 4 is 0 Å². The lowest BCUT2D eigenvalue weighted by Crippen LogP contribution is -1.92. The van der Waals surface area contributed by atoms with Crippen LogP contribution in [0.3, 0.4) is 0 Å². The minimum absolute atomic E-state index is 0.998. The first kappa shape index (κ1) is 10.5. The summed E-state index contributed by atoms with van der Waals surface area (Å²) in [6, 6.07) is 4.58. The quantitative estimate of drug-likeness (QED) is 0.563. The van der Waals surface area contributed by atoms with E-state index < -0.39 is 0 Å². The van der Waals surface area contributed by atoms with E-state index in [9.17, 15) is 0 Å². The van der Waals surface area contributed by atoms with Crippen LogP contribution in [-0.4, -0.2) is 4.98 Å². The van der Waals surface area contributed by atoms with Gasteiger partial charge in [-0.15, -0.1) is 0 Å². The van der Waals surface area contributed by atoms with Crippen molar-refractivity contribution in [3.05, 3.63) is 51.8 Å². The number of benzene rings is 1. The average Bonchev–Trinajstić information content (AvgIpc) is 2.63. The second kappa shape index (κ2) is 3.43. The molecule has 0 spiro atoms. The monoisotopic (exact) mass is 223 g/mol. The minimum Gasteiger partial charge on any atom is -0.260 e. The van der Waals surface area contributed by atoms with Gasteiger partial charge in [0.15, 0.2) is 0 Å². The Kier molecular flexibility index (Phi) is 2.12. The molecule has 1 aromatic carbocycles. The molecule has 0 saturated heterocycles. The number of pyridine rings is 1. The van der Waals surface area contributed by atoms with Crippen LogP contribution in [0.1, 0.15) is 33.5 Å². The summed E-state index contributed by atoms with van der Waals surface area (Å²) < 4.78 is 0. The highest BCUT2D eigenvalue weighted by atomic mass is 14.7. The van der Waals surface area contributed by atoms with Gasteiger partial charge in [-0.25, -0.2) is 0 Å². The van der Waals surface area contributed by atoms with E-state index in [1.54, 1.807) is 0 Å². The fourth-order valence-corrected chi connectivity index (χ4v) is 2.86. The van der Waals surface area contributed by atoms with Crippen LogP contribution in [0.5, 0.6) is 0 Å². The maximum atomic E-state index is 4.61. The Morgan fingerprint density at radius 2 is 1.76 bits per heavy atom. The van der Waals surface area contributed by atoms with Crippen molar-refractivity contribution in [1.82, 2.24) is 4.98 Å². The predicted octanol–water partition coefficient (Wildman–Crippen LogP) is 3.89. The van der Waals surface area contributed by atoms with E-state index in [0.717, 1.165) is 6.42 Å². The number of hydrogen-bond donors (Lipinski definition) is 0. The molecule has 1 aliphatic carbocycles. The highest BCUT2D eigenvalue weighted by Crippen LogP contribution is 2.40. The van der Waals surface area contributed by atoms with Gasteiger partial charge in [-0.2, -0.15) is 0 Å². The number of hydrogen-bond acceptors (Lipinski definition) is 1. The van der Waals surface area contributed by atoms with E-state index in [2.05, 4.69) is 44.8 Å². The average molecular weight is 223 g/mol.